The van der Waals surface area contributed by atoms with Crippen molar-refractivity contribution in [2.75, 3.05) is 0 Å². The lowest BCUT2D eigenvalue weighted by Gasteiger charge is -2.18. The first-order valence-electron chi connectivity index (χ1n) is 5.41. The molecule has 15 heavy (non-hydrogen) atoms. The normalized spacial score (nSPS) is 14.7. The predicted molar refractivity (Wildman–Crippen MR) is 62.3 cm³/mol. The van der Waals surface area contributed by atoms with E-state index in [-0.39, 0.29) is 12.2 Å². The Labute approximate surface area is 91.9 Å². The first kappa shape index (κ1) is 12.1. The van der Waals surface area contributed by atoms with E-state index in [1.165, 1.54) is 11.1 Å². The van der Waals surface area contributed by atoms with Gasteiger partial charge in [0.15, 0.2) is 0 Å². The SMILES string of the molecule is Cc1cccc(OC(C)CC(C)O)c1C. The summed E-state index contributed by atoms with van der Waals surface area (Å²) >= 11 is 0. The smallest absolute Gasteiger partial charge is 0.122 e. The topological polar surface area (TPSA) is 29.5 Å². The zero-order valence-corrected chi connectivity index (χ0v) is 9.95. The first-order chi connectivity index (χ1) is 7.00. The monoisotopic (exact) mass is 208 g/mol. The van der Waals surface area contributed by atoms with Gasteiger partial charge in [-0.3, -0.25) is 0 Å². The summed E-state index contributed by atoms with van der Waals surface area (Å²) in [4.78, 5) is 0. The Kier molecular flexibility index (Phi) is 4.15. The van der Waals surface area contributed by atoms with Crippen molar-refractivity contribution >= 4 is 0 Å². The van der Waals surface area contributed by atoms with Crippen molar-refractivity contribution < 1.29 is 9.84 Å². The molecule has 0 radical (unpaired) electrons. The van der Waals surface area contributed by atoms with E-state index in [2.05, 4.69) is 19.9 Å². The predicted octanol–water partition coefficient (Wildman–Crippen LogP) is 2.84. The van der Waals surface area contributed by atoms with E-state index in [1.807, 2.05) is 19.1 Å². The average molecular weight is 208 g/mol. The van der Waals surface area contributed by atoms with Gasteiger partial charge in [0.1, 0.15) is 5.75 Å². The van der Waals surface area contributed by atoms with Gasteiger partial charge in [-0.2, -0.15) is 0 Å². The standard InChI is InChI=1S/C13H20O2/c1-9-6-5-7-13(12(9)4)15-11(3)8-10(2)14/h5-7,10-11,14H,8H2,1-4H3. The molecular weight excluding hydrogens is 188 g/mol. The van der Waals surface area contributed by atoms with E-state index in [0.717, 1.165) is 5.75 Å². The number of aryl methyl sites for hydroxylation is 1. The Morgan fingerprint density at radius 3 is 2.53 bits per heavy atom. The molecule has 84 valence electrons. The molecule has 2 heteroatoms. The number of aliphatic hydroxyl groups excluding tert-OH is 1. The summed E-state index contributed by atoms with van der Waals surface area (Å²) in [6.45, 7) is 7.89. The van der Waals surface area contributed by atoms with Gasteiger partial charge in [0, 0.05) is 6.42 Å². The average Bonchev–Trinajstić information content (AvgIpc) is 2.11. The molecule has 0 spiro atoms. The summed E-state index contributed by atoms with van der Waals surface area (Å²) in [7, 11) is 0. The highest BCUT2D eigenvalue weighted by molar-refractivity contribution is 5.38. The molecule has 0 fully saturated rings. The van der Waals surface area contributed by atoms with Crippen LogP contribution in [0.15, 0.2) is 18.2 Å². The van der Waals surface area contributed by atoms with E-state index in [9.17, 15) is 5.11 Å². The number of rotatable bonds is 4. The van der Waals surface area contributed by atoms with E-state index in [0.29, 0.717) is 6.42 Å². The van der Waals surface area contributed by atoms with Crippen LogP contribution < -0.4 is 4.74 Å². The van der Waals surface area contributed by atoms with E-state index < -0.39 is 0 Å². The minimum Gasteiger partial charge on any atom is -0.490 e. The quantitative estimate of drug-likeness (QED) is 0.824. The van der Waals surface area contributed by atoms with Gasteiger partial charge in [-0.25, -0.2) is 0 Å². The van der Waals surface area contributed by atoms with Gasteiger partial charge in [0.25, 0.3) is 0 Å². The molecule has 1 aromatic rings. The van der Waals surface area contributed by atoms with Crippen LogP contribution in [0.3, 0.4) is 0 Å². The van der Waals surface area contributed by atoms with Crippen LogP contribution in [0, 0.1) is 13.8 Å². The molecule has 0 saturated carbocycles. The number of hydrogen-bond donors (Lipinski definition) is 1. The molecule has 0 aliphatic rings. The van der Waals surface area contributed by atoms with Gasteiger partial charge in [0.2, 0.25) is 0 Å². The zero-order valence-electron chi connectivity index (χ0n) is 9.95. The van der Waals surface area contributed by atoms with E-state index in [1.54, 1.807) is 6.92 Å². The number of hydrogen-bond acceptors (Lipinski definition) is 2. The molecule has 2 nitrogen and oxygen atoms in total. The Hall–Kier alpha value is -1.02. The maximum Gasteiger partial charge on any atom is 0.122 e. The second kappa shape index (κ2) is 5.17. The summed E-state index contributed by atoms with van der Waals surface area (Å²) in [5, 5.41) is 9.24. The van der Waals surface area contributed by atoms with Crippen LogP contribution in [0.25, 0.3) is 0 Å². The number of aliphatic hydroxyl groups is 1. The molecular formula is C13H20O2. The van der Waals surface area contributed by atoms with Crippen molar-refractivity contribution in [1.29, 1.82) is 0 Å². The fourth-order valence-electron chi connectivity index (χ4n) is 1.60. The molecule has 0 aliphatic heterocycles. The molecule has 0 aliphatic carbocycles. The fourth-order valence-corrected chi connectivity index (χ4v) is 1.60. The molecule has 2 unspecified atom stereocenters. The third-order valence-corrected chi connectivity index (χ3v) is 2.56. The Balaban J connectivity index is 2.68. The lowest BCUT2D eigenvalue weighted by Crippen LogP contribution is -2.18. The maximum atomic E-state index is 9.24. The highest BCUT2D eigenvalue weighted by Crippen LogP contribution is 2.22. The Morgan fingerprint density at radius 2 is 1.93 bits per heavy atom. The molecule has 0 saturated heterocycles. The first-order valence-corrected chi connectivity index (χ1v) is 5.41. The van der Waals surface area contributed by atoms with Crippen LogP contribution in [0.5, 0.6) is 5.75 Å². The fraction of sp³-hybridized carbons (Fsp3) is 0.538. The number of benzene rings is 1. The lowest BCUT2D eigenvalue weighted by molar-refractivity contribution is 0.115. The van der Waals surface area contributed by atoms with Crippen molar-refractivity contribution in [3.8, 4) is 5.75 Å². The highest BCUT2D eigenvalue weighted by atomic mass is 16.5. The van der Waals surface area contributed by atoms with Crippen LogP contribution in [-0.2, 0) is 0 Å². The molecule has 0 aromatic heterocycles. The second-order valence-corrected chi connectivity index (χ2v) is 4.21. The summed E-state index contributed by atoms with van der Waals surface area (Å²) in [5.41, 5.74) is 2.41. The summed E-state index contributed by atoms with van der Waals surface area (Å²) in [6, 6.07) is 6.04. The van der Waals surface area contributed by atoms with Crippen LogP contribution in [-0.4, -0.2) is 17.3 Å². The maximum absolute atomic E-state index is 9.24. The lowest BCUT2D eigenvalue weighted by atomic mass is 10.1. The van der Waals surface area contributed by atoms with Gasteiger partial charge < -0.3 is 9.84 Å². The highest BCUT2D eigenvalue weighted by Gasteiger charge is 2.09. The van der Waals surface area contributed by atoms with Gasteiger partial charge in [0.05, 0.1) is 12.2 Å². The zero-order chi connectivity index (χ0) is 11.4. The van der Waals surface area contributed by atoms with Crippen molar-refractivity contribution in [3.05, 3.63) is 29.3 Å². The Bertz CT molecular complexity index is 318. The largest absolute Gasteiger partial charge is 0.490 e. The van der Waals surface area contributed by atoms with Gasteiger partial charge in [-0.05, 0) is 44.9 Å². The Morgan fingerprint density at radius 1 is 1.27 bits per heavy atom. The summed E-state index contributed by atoms with van der Waals surface area (Å²) in [5.74, 6) is 0.920. The molecule has 1 N–H and O–H groups in total. The summed E-state index contributed by atoms with van der Waals surface area (Å²) < 4.78 is 5.78. The number of ether oxygens (including phenoxy) is 1. The van der Waals surface area contributed by atoms with Gasteiger partial charge in [-0.15, -0.1) is 0 Å². The van der Waals surface area contributed by atoms with Crippen molar-refractivity contribution in [1.82, 2.24) is 0 Å². The van der Waals surface area contributed by atoms with Crippen LogP contribution >= 0.6 is 0 Å². The second-order valence-electron chi connectivity index (χ2n) is 4.21. The van der Waals surface area contributed by atoms with Gasteiger partial charge >= 0.3 is 0 Å². The third kappa shape index (κ3) is 3.56. The summed E-state index contributed by atoms with van der Waals surface area (Å²) in [6.07, 6.45) is 0.392. The van der Waals surface area contributed by atoms with E-state index >= 15 is 0 Å². The van der Waals surface area contributed by atoms with Crippen LogP contribution in [0.1, 0.15) is 31.4 Å². The van der Waals surface area contributed by atoms with E-state index in [4.69, 9.17) is 4.74 Å². The van der Waals surface area contributed by atoms with Crippen molar-refractivity contribution in [2.24, 2.45) is 0 Å². The van der Waals surface area contributed by atoms with Gasteiger partial charge in [-0.1, -0.05) is 12.1 Å². The molecule has 2 atom stereocenters. The molecule has 1 rings (SSSR count). The van der Waals surface area contributed by atoms with Crippen LogP contribution in [0.4, 0.5) is 0 Å². The van der Waals surface area contributed by atoms with Crippen molar-refractivity contribution in [3.63, 3.8) is 0 Å². The minimum absolute atomic E-state index is 0.0468. The molecule has 1 aromatic carbocycles. The third-order valence-electron chi connectivity index (χ3n) is 2.56. The molecule has 0 amide bonds. The van der Waals surface area contributed by atoms with Crippen molar-refractivity contribution in [2.45, 2.75) is 46.3 Å². The molecule has 0 heterocycles. The minimum atomic E-state index is -0.315. The van der Waals surface area contributed by atoms with Crippen LogP contribution in [0.2, 0.25) is 0 Å². The molecule has 0 bridgehead atoms.